The second kappa shape index (κ2) is 5.97. The third kappa shape index (κ3) is 3.58. The van der Waals surface area contributed by atoms with E-state index in [9.17, 15) is 8.42 Å². The van der Waals surface area contributed by atoms with Crippen LogP contribution in [0.3, 0.4) is 0 Å². The van der Waals surface area contributed by atoms with E-state index in [1.807, 2.05) is 0 Å². The molecule has 0 atom stereocenters. The fourth-order valence-electron chi connectivity index (χ4n) is 1.32. The quantitative estimate of drug-likeness (QED) is 0.657. The van der Waals surface area contributed by atoms with Crippen LogP contribution in [0, 0.1) is 0 Å². The number of aryl methyl sites for hydroxylation is 1. The van der Waals surface area contributed by atoms with Gasteiger partial charge < -0.3 is 5.11 Å². The molecule has 0 bridgehead atoms. The van der Waals surface area contributed by atoms with Crippen LogP contribution in [0.1, 0.15) is 19.3 Å². The van der Waals surface area contributed by atoms with Gasteiger partial charge in [-0.2, -0.15) is 5.10 Å². The number of aliphatic hydroxyl groups is 1. The number of aromatic nitrogens is 2. The average molecular weight is 247 g/mol. The van der Waals surface area contributed by atoms with E-state index in [-0.39, 0.29) is 11.6 Å². The molecule has 2 N–H and O–H groups in total. The Morgan fingerprint density at radius 1 is 1.44 bits per heavy atom. The van der Waals surface area contributed by atoms with Crippen LogP contribution in [0.5, 0.6) is 0 Å². The number of unbranched alkanes of at least 4 members (excludes halogenated alkanes) is 2. The maximum absolute atomic E-state index is 11.7. The summed E-state index contributed by atoms with van der Waals surface area (Å²) in [7, 11) is -1.86. The van der Waals surface area contributed by atoms with E-state index in [1.165, 1.54) is 16.9 Å². The molecule has 0 saturated heterocycles. The number of nitrogens with zero attached hydrogens (tertiary/aromatic N) is 2. The zero-order valence-corrected chi connectivity index (χ0v) is 10.1. The van der Waals surface area contributed by atoms with E-state index in [2.05, 4.69) is 9.82 Å². The van der Waals surface area contributed by atoms with Crippen LogP contribution < -0.4 is 4.72 Å². The molecule has 0 fully saturated rings. The summed E-state index contributed by atoms with van der Waals surface area (Å²) >= 11 is 0. The van der Waals surface area contributed by atoms with Crippen molar-refractivity contribution in [1.82, 2.24) is 14.5 Å². The molecule has 1 rings (SSSR count). The SMILES string of the molecule is Cn1nccc1S(=O)(=O)NCCCCCO. The van der Waals surface area contributed by atoms with Crippen molar-refractivity contribution in [2.45, 2.75) is 24.3 Å². The van der Waals surface area contributed by atoms with Crippen LogP contribution in [0.25, 0.3) is 0 Å². The predicted octanol–water partition coefficient (Wildman–Crippen LogP) is -0.139. The lowest BCUT2D eigenvalue weighted by Gasteiger charge is -2.06. The van der Waals surface area contributed by atoms with Crippen molar-refractivity contribution in [3.05, 3.63) is 12.3 Å². The first-order valence-electron chi connectivity index (χ1n) is 5.16. The van der Waals surface area contributed by atoms with Gasteiger partial charge in [0.15, 0.2) is 5.03 Å². The molecule has 0 aliphatic carbocycles. The third-order valence-electron chi connectivity index (χ3n) is 2.18. The highest BCUT2D eigenvalue weighted by atomic mass is 32.2. The first-order valence-corrected chi connectivity index (χ1v) is 6.65. The minimum atomic E-state index is -3.45. The Morgan fingerprint density at radius 3 is 2.75 bits per heavy atom. The molecule has 0 spiro atoms. The molecule has 1 aromatic rings. The van der Waals surface area contributed by atoms with Crippen LogP contribution in [0.4, 0.5) is 0 Å². The lowest BCUT2D eigenvalue weighted by Crippen LogP contribution is -2.26. The Bertz CT molecular complexity index is 413. The van der Waals surface area contributed by atoms with Crippen LogP contribution in [-0.4, -0.2) is 36.5 Å². The number of aliphatic hydroxyl groups excluding tert-OH is 1. The monoisotopic (exact) mass is 247 g/mol. The summed E-state index contributed by atoms with van der Waals surface area (Å²) in [6, 6.07) is 1.45. The van der Waals surface area contributed by atoms with Crippen LogP contribution >= 0.6 is 0 Å². The number of sulfonamides is 1. The Kier molecular flexibility index (Phi) is 4.91. The maximum Gasteiger partial charge on any atom is 0.257 e. The summed E-state index contributed by atoms with van der Waals surface area (Å²) in [6.45, 7) is 0.530. The molecule has 0 aliphatic rings. The van der Waals surface area contributed by atoms with E-state index in [0.717, 1.165) is 12.8 Å². The van der Waals surface area contributed by atoms with E-state index in [4.69, 9.17) is 5.11 Å². The van der Waals surface area contributed by atoms with Gasteiger partial charge in [0, 0.05) is 20.2 Å². The molecule has 7 heteroatoms. The predicted molar refractivity (Wildman–Crippen MR) is 59.3 cm³/mol. The highest BCUT2D eigenvalue weighted by Gasteiger charge is 2.16. The minimum absolute atomic E-state index is 0.147. The molecule has 0 saturated carbocycles. The molecule has 0 amide bonds. The summed E-state index contributed by atoms with van der Waals surface area (Å²) in [6.07, 6.45) is 3.68. The van der Waals surface area contributed by atoms with Gasteiger partial charge in [0.2, 0.25) is 0 Å². The van der Waals surface area contributed by atoms with Gasteiger partial charge in [0.1, 0.15) is 0 Å². The zero-order valence-electron chi connectivity index (χ0n) is 9.26. The Balaban J connectivity index is 2.45. The van der Waals surface area contributed by atoms with Crippen molar-refractivity contribution in [3.63, 3.8) is 0 Å². The average Bonchev–Trinajstić information content (AvgIpc) is 2.65. The van der Waals surface area contributed by atoms with Gasteiger partial charge in [-0.3, -0.25) is 4.68 Å². The largest absolute Gasteiger partial charge is 0.396 e. The van der Waals surface area contributed by atoms with Crippen molar-refractivity contribution in [3.8, 4) is 0 Å². The number of hydrogen-bond donors (Lipinski definition) is 2. The lowest BCUT2D eigenvalue weighted by molar-refractivity contribution is 0.283. The first-order chi connectivity index (χ1) is 7.58. The normalized spacial score (nSPS) is 11.9. The van der Waals surface area contributed by atoms with E-state index in [1.54, 1.807) is 7.05 Å². The molecular weight excluding hydrogens is 230 g/mol. The molecule has 0 aromatic carbocycles. The van der Waals surface area contributed by atoms with Crippen molar-refractivity contribution in [1.29, 1.82) is 0 Å². The molecule has 1 aromatic heterocycles. The Labute approximate surface area is 95.3 Å². The minimum Gasteiger partial charge on any atom is -0.396 e. The van der Waals surface area contributed by atoms with Gasteiger partial charge in [-0.1, -0.05) is 0 Å². The smallest absolute Gasteiger partial charge is 0.257 e. The fourth-order valence-corrected chi connectivity index (χ4v) is 2.52. The van der Waals surface area contributed by atoms with Gasteiger partial charge in [0.05, 0.1) is 6.20 Å². The fraction of sp³-hybridized carbons (Fsp3) is 0.667. The first kappa shape index (κ1) is 13.1. The summed E-state index contributed by atoms with van der Waals surface area (Å²) in [5, 5.41) is 12.5. The molecule has 92 valence electrons. The van der Waals surface area contributed by atoms with E-state index >= 15 is 0 Å². The number of nitrogens with one attached hydrogen (secondary N) is 1. The molecular formula is C9H17N3O3S. The molecule has 0 aliphatic heterocycles. The standard InChI is InChI=1S/C9H17N3O3S/c1-12-9(5-7-10-12)16(14,15)11-6-3-2-4-8-13/h5,7,11,13H,2-4,6,8H2,1H3. The van der Waals surface area contributed by atoms with Gasteiger partial charge in [-0.05, 0) is 25.3 Å². The number of rotatable bonds is 7. The summed E-state index contributed by atoms with van der Waals surface area (Å²) in [4.78, 5) is 0. The third-order valence-corrected chi connectivity index (χ3v) is 3.71. The van der Waals surface area contributed by atoms with Crippen LogP contribution in [0.15, 0.2) is 17.3 Å². The second-order valence-corrected chi connectivity index (χ2v) is 5.19. The van der Waals surface area contributed by atoms with Crippen molar-refractivity contribution in [2.24, 2.45) is 7.05 Å². The maximum atomic E-state index is 11.7. The molecule has 0 radical (unpaired) electrons. The Hall–Kier alpha value is -0.920. The zero-order chi connectivity index (χ0) is 12.0. The molecule has 0 unspecified atom stereocenters. The second-order valence-electron chi connectivity index (χ2n) is 3.48. The Morgan fingerprint density at radius 2 is 2.19 bits per heavy atom. The topological polar surface area (TPSA) is 84.2 Å². The van der Waals surface area contributed by atoms with Gasteiger partial charge in [-0.25, -0.2) is 13.1 Å². The lowest BCUT2D eigenvalue weighted by atomic mass is 10.2. The molecule has 6 nitrogen and oxygen atoms in total. The highest BCUT2D eigenvalue weighted by Crippen LogP contribution is 2.05. The summed E-state index contributed by atoms with van der Waals surface area (Å²) in [5.74, 6) is 0. The van der Waals surface area contributed by atoms with Gasteiger partial charge in [-0.15, -0.1) is 0 Å². The van der Waals surface area contributed by atoms with Crippen molar-refractivity contribution in [2.75, 3.05) is 13.2 Å². The van der Waals surface area contributed by atoms with Gasteiger partial charge >= 0.3 is 0 Å². The van der Waals surface area contributed by atoms with E-state index in [0.29, 0.717) is 13.0 Å². The van der Waals surface area contributed by atoms with Crippen molar-refractivity contribution < 1.29 is 13.5 Å². The van der Waals surface area contributed by atoms with Gasteiger partial charge in [0.25, 0.3) is 10.0 Å². The number of hydrogen-bond acceptors (Lipinski definition) is 4. The molecule has 1 heterocycles. The van der Waals surface area contributed by atoms with E-state index < -0.39 is 10.0 Å². The van der Waals surface area contributed by atoms with Crippen LogP contribution in [-0.2, 0) is 17.1 Å². The summed E-state index contributed by atoms with van der Waals surface area (Å²) < 4.78 is 27.3. The highest BCUT2D eigenvalue weighted by molar-refractivity contribution is 7.89. The van der Waals surface area contributed by atoms with Crippen LogP contribution in [0.2, 0.25) is 0 Å². The van der Waals surface area contributed by atoms with Crippen molar-refractivity contribution >= 4 is 10.0 Å². The molecule has 16 heavy (non-hydrogen) atoms. The summed E-state index contributed by atoms with van der Waals surface area (Å²) in [5.41, 5.74) is 0.